The number of nitrogens with one attached hydrogen (secondary N) is 1. The Labute approximate surface area is 124 Å². The van der Waals surface area contributed by atoms with Crippen LogP contribution < -0.4 is 4.72 Å². The minimum absolute atomic E-state index is 0.238. The zero-order chi connectivity index (χ0) is 13.6. The van der Waals surface area contributed by atoms with Crippen LogP contribution in [-0.2, 0) is 14.8 Å². The molecule has 0 heterocycles. The van der Waals surface area contributed by atoms with E-state index in [0.29, 0.717) is 18.4 Å². The summed E-state index contributed by atoms with van der Waals surface area (Å²) in [6, 6.07) is 6.36. The molecule has 0 saturated carbocycles. The first kappa shape index (κ1) is 16.1. The third-order valence-electron chi connectivity index (χ3n) is 2.25. The van der Waals surface area contributed by atoms with Gasteiger partial charge in [-0.2, -0.15) is 0 Å². The molecule has 1 aromatic carbocycles. The van der Waals surface area contributed by atoms with Crippen molar-refractivity contribution in [2.24, 2.45) is 0 Å². The first-order valence-corrected chi connectivity index (χ1v) is 8.72. The van der Waals surface area contributed by atoms with Gasteiger partial charge in [0.2, 0.25) is 10.0 Å². The van der Waals surface area contributed by atoms with E-state index in [2.05, 4.69) is 36.6 Å². The van der Waals surface area contributed by atoms with Crippen LogP contribution in [0.1, 0.15) is 6.42 Å². The molecule has 0 aromatic heterocycles. The molecular weight excluding hydrogens is 386 g/mol. The van der Waals surface area contributed by atoms with Crippen LogP contribution in [0.25, 0.3) is 0 Å². The highest BCUT2D eigenvalue weighted by atomic mass is 79.9. The number of ether oxygens (including phenoxy) is 1. The minimum Gasteiger partial charge on any atom is -0.383 e. The predicted molar refractivity (Wildman–Crippen MR) is 78.5 cm³/mol. The van der Waals surface area contributed by atoms with Gasteiger partial charge in [0.1, 0.15) is 0 Å². The monoisotopic (exact) mass is 399 g/mol. The van der Waals surface area contributed by atoms with Gasteiger partial charge in [0.05, 0.1) is 11.5 Å². The first-order valence-electron chi connectivity index (χ1n) is 5.32. The van der Waals surface area contributed by atoms with E-state index in [1.165, 1.54) is 0 Å². The van der Waals surface area contributed by atoms with Crippen molar-refractivity contribution in [3.05, 3.63) is 28.7 Å². The summed E-state index contributed by atoms with van der Waals surface area (Å²) in [5, 5.41) is 0.710. The Morgan fingerprint density at radius 2 is 2.17 bits per heavy atom. The summed E-state index contributed by atoms with van der Waals surface area (Å²) >= 11 is 6.56. The van der Waals surface area contributed by atoms with E-state index in [-0.39, 0.29) is 10.9 Å². The highest BCUT2D eigenvalue weighted by molar-refractivity contribution is 9.10. The van der Waals surface area contributed by atoms with Gasteiger partial charge in [0.15, 0.2) is 0 Å². The fraction of sp³-hybridized carbons (Fsp3) is 0.455. The summed E-state index contributed by atoms with van der Waals surface area (Å²) in [4.78, 5) is 0.243. The molecule has 7 heteroatoms. The van der Waals surface area contributed by atoms with Crippen molar-refractivity contribution in [2.45, 2.75) is 17.4 Å². The average Bonchev–Trinajstić information content (AvgIpc) is 2.29. The fourth-order valence-electron chi connectivity index (χ4n) is 1.43. The maximum atomic E-state index is 12.1. The number of alkyl halides is 1. The topological polar surface area (TPSA) is 55.4 Å². The van der Waals surface area contributed by atoms with E-state index in [1.54, 1.807) is 31.4 Å². The minimum atomic E-state index is -3.51. The van der Waals surface area contributed by atoms with Gasteiger partial charge >= 0.3 is 0 Å². The molecule has 0 radical (unpaired) electrons. The molecular formula is C11H15Br2NO3S. The lowest BCUT2D eigenvalue weighted by atomic mass is 10.3. The number of methoxy groups -OCH3 is 1. The van der Waals surface area contributed by atoms with Gasteiger partial charge < -0.3 is 4.74 Å². The molecule has 4 nitrogen and oxygen atoms in total. The summed E-state index contributed by atoms with van der Waals surface area (Å²) in [5.41, 5.74) is 0. The van der Waals surface area contributed by atoms with E-state index < -0.39 is 10.0 Å². The molecule has 0 spiro atoms. The molecule has 0 aliphatic heterocycles. The zero-order valence-corrected chi connectivity index (χ0v) is 13.9. The highest BCUT2D eigenvalue weighted by Crippen LogP contribution is 2.16. The lowest BCUT2D eigenvalue weighted by molar-refractivity contribution is 0.173. The molecule has 0 saturated heterocycles. The van der Waals surface area contributed by atoms with E-state index in [9.17, 15) is 8.42 Å². The Hall–Kier alpha value is 0.0500. The van der Waals surface area contributed by atoms with Gasteiger partial charge in [-0.15, -0.1) is 0 Å². The predicted octanol–water partition coefficient (Wildman–Crippen LogP) is 2.53. The lowest BCUT2D eigenvalue weighted by Crippen LogP contribution is -2.38. The second-order valence-electron chi connectivity index (χ2n) is 3.71. The Kier molecular flexibility index (Phi) is 6.79. The van der Waals surface area contributed by atoms with Gasteiger partial charge in [-0.25, -0.2) is 13.1 Å². The normalized spacial score (nSPS) is 13.5. The average molecular weight is 401 g/mol. The van der Waals surface area contributed by atoms with Crippen molar-refractivity contribution in [1.29, 1.82) is 0 Å². The molecule has 0 fully saturated rings. The summed E-state index contributed by atoms with van der Waals surface area (Å²) in [5.74, 6) is 0. The standard InChI is InChI=1S/C11H15Br2NO3S/c1-17-8-10(5-6-12)14-18(15,16)11-4-2-3-9(13)7-11/h2-4,7,10,14H,5-6,8H2,1H3. The van der Waals surface area contributed by atoms with Gasteiger partial charge in [0, 0.05) is 23.0 Å². The van der Waals surface area contributed by atoms with Crippen molar-refractivity contribution in [3.63, 3.8) is 0 Å². The molecule has 102 valence electrons. The number of hydrogen-bond acceptors (Lipinski definition) is 3. The third-order valence-corrected chi connectivity index (χ3v) is 4.72. The van der Waals surface area contributed by atoms with Crippen LogP contribution in [0.3, 0.4) is 0 Å². The smallest absolute Gasteiger partial charge is 0.240 e. The molecule has 0 aliphatic carbocycles. The van der Waals surface area contributed by atoms with E-state index in [4.69, 9.17) is 4.74 Å². The first-order chi connectivity index (χ1) is 8.49. The van der Waals surface area contributed by atoms with Crippen molar-refractivity contribution < 1.29 is 13.2 Å². The lowest BCUT2D eigenvalue weighted by Gasteiger charge is -2.17. The summed E-state index contributed by atoms with van der Waals surface area (Å²) < 4.78 is 32.7. The number of halogens is 2. The Morgan fingerprint density at radius 3 is 2.72 bits per heavy atom. The maximum Gasteiger partial charge on any atom is 0.240 e. The quantitative estimate of drug-likeness (QED) is 0.715. The highest BCUT2D eigenvalue weighted by Gasteiger charge is 2.19. The zero-order valence-electron chi connectivity index (χ0n) is 9.90. The summed E-state index contributed by atoms with van der Waals surface area (Å²) in [6.45, 7) is 0.346. The van der Waals surface area contributed by atoms with Crippen LogP contribution in [-0.4, -0.2) is 33.5 Å². The van der Waals surface area contributed by atoms with Crippen LogP contribution in [0.4, 0.5) is 0 Å². The van der Waals surface area contributed by atoms with Crippen molar-refractivity contribution in [3.8, 4) is 0 Å². The van der Waals surface area contributed by atoms with E-state index in [1.807, 2.05) is 0 Å². The molecule has 1 rings (SSSR count). The molecule has 1 N–H and O–H groups in total. The second-order valence-corrected chi connectivity index (χ2v) is 7.13. The fourth-order valence-corrected chi connectivity index (χ4v) is 3.83. The largest absolute Gasteiger partial charge is 0.383 e. The van der Waals surface area contributed by atoms with Crippen LogP contribution in [0.5, 0.6) is 0 Å². The Morgan fingerprint density at radius 1 is 1.44 bits per heavy atom. The van der Waals surface area contributed by atoms with Gasteiger partial charge in [-0.05, 0) is 24.6 Å². The van der Waals surface area contributed by atoms with Gasteiger partial charge in [-0.3, -0.25) is 0 Å². The van der Waals surface area contributed by atoms with Crippen molar-refractivity contribution >= 4 is 41.9 Å². The number of rotatable bonds is 7. The molecule has 18 heavy (non-hydrogen) atoms. The SMILES string of the molecule is COCC(CCBr)NS(=O)(=O)c1cccc(Br)c1. The maximum absolute atomic E-state index is 12.1. The van der Waals surface area contributed by atoms with Crippen LogP contribution in [0, 0.1) is 0 Å². The van der Waals surface area contributed by atoms with Crippen LogP contribution >= 0.6 is 31.9 Å². The second kappa shape index (κ2) is 7.59. The van der Waals surface area contributed by atoms with Crippen molar-refractivity contribution in [2.75, 3.05) is 19.0 Å². The van der Waals surface area contributed by atoms with E-state index >= 15 is 0 Å². The Bertz CT molecular complexity index is 473. The molecule has 0 amide bonds. The van der Waals surface area contributed by atoms with Crippen molar-refractivity contribution in [1.82, 2.24) is 4.72 Å². The number of benzene rings is 1. The van der Waals surface area contributed by atoms with Gasteiger partial charge in [-0.1, -0.05) is 37.9 Å². The molecule has 0 aliphatic rings. The van der Waals surface area contributed by atoms with Crippen LogP contribution in [0.2, 0.25) is 0 Å². The third kappa shape index (κ3) is 4.97. The summed E-state index contributed by atoms with van der Waals surface area (Å²) in [6.07, 6.45) is 0.668. The molecule has 1 unspecified atom stereocenters. The van der Waals surface area contributed by atoms with E-state index in [0.717, 1.165) is 4.47 Å². The Balaban J connectivity index is 2.86. The molecule has 1 atom stereocenters. The molecule has 1 aromatic rings. The van der Waals surface area contributed by atoms with Gasteiger partial charge in [0.25, 0.3) is 0 Å². The van der Waals surface area contributed by atoms with Crippen LogP contribution in [0.15, 0.2) is 33.6 Å². The summed E-state index contributed by atoms with van der Waals surface area (Å²) in [7, 11) is -1.96. The number of hydrogen-bond donors (Lipinski definition) is 1. The number of sulfonamides is 1. The molecule has 0 bridgehead atoms.